The number of rotatable bonds is 3. The van der Waals surface area contributed by atoms with Gasteiger partial charge in [-0.25, -0.2) is 9.36 Å². The van der Waals surface area contributed by atoms with Crippen molar-refractivity contribution >= 4 is 38.4 Å². The largest absolute Gasteiger partial charge is 0.336 e. The van der Waals surface area contributed by atoms with Gasteiger partial charge in [0, 0.05) is 9.50 Å². The van der Waals surface area contributed by atoms with E-state index in [0.717, 1.165) is 10.0 Å². The molecule has 4 rings (SSSR count). The van der Waals surface area contributed by atoms with Crippen molar-refractivity contribution in [3.63, 3.8) is 0 Å². The van der Waals surface area contributed by atoms with Crippen molar-refractivity contribution < 1.29 is 0 Å². The summed E-state index contributed by atoms with van der Waals surface area (Å²) < 4.78 is 3.58. The highest BCUT2D eigenvalue weighted by molar-refractivity contribution is 9.10. The highest BCUT2D eigenvalue weighted by Crippen LogP contribution is 2.18. The molecule has 134 valence electrons. The van der Waals surface area contributed by atoms with Crippen LogP contribution in [0.2, 0.25) is 5.02 Å². The Kier molecular flexibility index (Phi) is 4.72. The fourth-order valence-corrected chi connectivity index (χ4v) is 3.70. The van der Waals surface area contributed by atoms with E-state index in [9.17, 15) is 9.59 Å². The van der Waals surface area contributed by atoms with Gasteiger partial charge >= 0.3 is 5.69 Å². The minimum Gasteiger partial charge on any atom is -0.288 e. The zero-order chi connectivity index (χ0) is 19.0. The molecule has 0 fully saturated rings. The molecule has 1 heterocycles. The highest BCUT2D eigenvalue weighted by Gasteiger charge is 2.15. The van der Waals surface area contributed by atoms with E-state index in [0.29, 0.717) is 28.2 Å². The molecule has 0 aliphatic carbocycles. The molecule has 0 N–H and O–H groups in total. The Hall–Kier alpha value is -2.63. The maximum Gasteiger partial charge on any atom is 0.336 e. The van der Waals surface area contributed by atoms with Gasteiger partial charge in [0.15, 0.2) is 0 Å². The summed E-state index contributed by atoms with van der Waals surface area (Å²) in [4.78, 5) is 26.3. The van der Waals surface area contributed by atoms with Gasteiger partial charge < -0.3 is 0 Å². The first kappa shape index (κ1) is 17.8. The number of nitrogens with zero attached hydrogens (tertiary/aromatic N) is 2. The summed E-state index contributed by atoms with van der Waals surface area (Å²) in [6.45, 7) is 0.310. The summed E-state index contributed by atoms with van der Waals surface area (Å²) in [6.07, 6.45) is 0. The number of aromatic nitrogens is 2. The second kappa shape index (κ2) is 7.18. The van der Waals surface area contributed by atoms with E-state index in [-0.39, 0.29) is 11.2 Å². The Balaban J connectivity index is 2.05. The lowest BCUT2D eigenvalue weighted by Crippen LogP contribution is -2.39. The average Bonchev–Trinajstić information content (AvgIpc) is 2.66. The molecule has 0 aliphatic rings. The number of hydrogen-bond donors (Lipinski definition) is 0. The van der Waals surface area contributed by atoms with Gasteiger partial charge in [0.25, 0.3) is 5.56 Å². The molecule has 0 unspecified atom stereocenters. The second-order valence-electron chi connectivity index (χ2n) is 6.14. The third-order valence-corrected chi connectivity index (χ3v) is 5.08. The van der Waals surface area contributed by atoms with Crippen LogP contribution in [0.25, 0.3) is 16.6 Å². The molecule has 0 saturated heterocycles. The molecular formula is C21H14BrClN2O2. The molecule has 4 nitrogen and oxygen atoms in total. The summed E-state index contributed by atoms with van der Waals surface area (Å²) in [5.74, 6) is 0. The van der Waals surface area contributed by atoms with Crippen molar-refractivity contribution in [2.24, 2.45) is 0 Å². The summed E-state index contributed by atoms with van der Waals surface area (Å²) in [7, 11) is 0. The van der Waals surface area contributed by atoms with E-state index in [1.165, 1.54) is 4.57 Å². The lowest BCUT2D eigenvalue weighted by Gasteiger charge is -2.15. The monoisotopic (exact) mass is 440 g/mol. The third kappa shape index (κ3) is 3.36. The molecular weight excluding hydrogens is 428 g/mol. The molecule has 0 saturated carbocycles. The molecule has 27 heavy (non-hydrogen) atoms. The Morgan fingerprint density at radius 3 is 2.41 bits per heavy atom. The smallest absolute Gasteiger partial charge is 0.288 e. The Morgan fingerprint density at radius 2 is 1.67 bits per heavy atom. The van der Waals surface area contributed by atoms with Crippen molar-refractivity contribution in [2.75, 3.05) is 0 Å². The minimum atomic E-state index is -0.388. The molecule has 0 aliphatic heterocycles. The van der Waals surface area contributed by atoms with E-state index in [4.69, 9.17) is 11.6 Å². The Morgan fingerprint density at radius 1 is 0.889 bits per heavy atom. The van der Waals surface area contributed by atoms with Crippen LogP contribution >= 0.6 is 27.5 Å². The van der Waals surface area contributed by atoms with E-state index in [1.54, 1.807) is 47.0 Å². The molecule has 0 bridgehead atoms. The van der Waals surface area contributed by atoms with Gasteiger partial charge in [-0.05, 0) is 48.0 Å². The lowest BCUT2D eigenvalue weighted by atomic mass is 10.2. The number of benzene rings is 3. The van der Waals surface area contributed by atoms with Crippen LogP contribution in [0.3, 0.4) is 0 Å². The fraction of sp³-hybridized carbons (Fsp3) is 0.0476. The highest BCUT2D eigenvalue weighted by atomic mass is 79.9. The maximum atomic E-state index is 13.3. The molecule has 0 spiro atoms. The van der Waals surface area contributed by atoms with E-state index in [1.807, 2.05) is 30.3 Å². The molecule has 4 aromatic rings. The number of halogens is 2. The standard InChI is InChI=1S/C21H14BrClN2O2/c22-15-9-10-19-18(12-15)20(26)25(17-7-2-1-3-8-17)21(27)24(19)13-14-5-4-6-16(23)11-14/h1-12H,13H2. The lowest BCUT2D eigenvalue weighted by molar-refractivity contribution is 0.714. The van der Waals surface area contributed by atoms with E-state index in [2.05, 4.69) is 15.9 Å². The van der Waals surface area contributed by atoms with Crippen LogP contribution < -0.4 is 11.2 Å². The predicted octanol–water partition coefficient (Wildman–Crippen LogP) is 4.62. The average molecular weight is 442 g/mol. The topological polar surface area (TPSA) is 44.0 Å². The predicted molar refractivity (Wildman–Crippen MR) is 112 cm³/mol. The summed E-state index contributed by atoms with van der Waals surface area (Å²) >= 11 is 9.51. The zero-order valence-corrected chi connectivity index (χ0v) is 16.4. The quantitative estimate of drug-likeness (QED) is 0.466. The number of hydrogen-bond acceptors (Lipinski definition) is 2. The van der Waals surface area contributed by atoms with Gasteiger partial charge in [-0.2, -0.15) is 0 Å². The number of para-hydroxylation sites is 1. The normalized spacial score (nSPS) is 11.0. The van der Waals surface area contributed by atoms with Crippen molar-refractivity contribution in [3.05, 3.63) is 109 Å². The summed E-state index contributed by atoms with van der Waals surface area (Å²) in [5.41, 5.74) is 1.27. The third-order valence-electron chi connectivity index (χ3n) is 4.35. The molecule has 0 atom stereocenters. The van der Waals surface area contributed by atoms with Gasteiger partial charge in [0.2, 0.25) is 0 Å². The molecule has 0 radical (unpaired) electrons. The number of fused-ring (bicyclic) bond motifs is 1. The Bertz CT molecular complexity index is 1260. The summed E-state index contributed by atoms with van der Waals surface area (Å²) in [6, 6.07) is 21.6. The van der Waals surface area contributed by atoms with Gasteiger partial charge in [-0.3, -0.25) is 9.36 Å². The van der Waals surface area contributed by atoms with Crippen molar-refractivity contribution in [2.45, 2.75) is 6.54 Å². The first-order chi connectivity index (χ1) is 13.0. The van der Waals surface area contributed by atoms with Crippen LogP contribution in [0.5, 0.6) is 0 Å². The molecule has 3 aromatic carbocycles. The SMILES string of the molecule is O=c1c2cc(Br)ccc2n(Cc2cccc(Cl)c2)c(=O)n1-c1ccccc1. The Labute approximate surface area is 168 Å². The van der Waals surface area contributed by atoms with Crippen molar-refractivity contribution in [1.82, 2.24) is 9.13 Å². The maximum absolute atomic E-state index is 13.3. The second-order valence-corrected chi connectivity index (χ2v) is 7.49. The van der Waals surface area contributed by atoms with Gasteiger partial charge in [0.1, 0.15) is 0 Å². The van der Waals surface area contributed by atoms with Crippen LogP contribution in [0, 0.1) is 0 Å². The van der Waals surface area contributed by atoms with Crippen LogP contribution in [0.4, 0.5) is 0 Å². The molecule has 0 amide bonds. The van der Waals surface area contributed by atoms with Crippen molar-refractivity contribution in [3.8, 4) is 5.69 Å². The van der Waals surface area contributed by atoms with Crippen LogP contribution in [-0.4, -0.2) is 9.13 Å². The molecule has 1 aromatic heterocycles. The van der Waals surface area contributed by atoms with E-state index < -0.39 is 0 Å². The fourth-order valence-electron chi connectivity index (χ4n) is 3.12. The van der Waals surface area contributed by atoms with E-state index >= 15 is 0 Å². The van der Waals surface area contributed by atoms with Gasteiger partial charge in [-0.15, -0.1) is 0 Å². The van der Waals surface area contributed by atoms with Gasteiger partial charge in [0.05, 0.1) is 23.1 Å². The zero-order valence-electron chi connectivity index (χ0n) is 14.1. The van der Waals surface area contributed by atoms with Crippen LogP contribution in [0.1, 0.15) is 5.56 Å². The first-order valence-electron chi connectivity index (χ1n) is 8.29. The van der Waals surface area contributed by atoms with Crippen molar-refractivity contribution in [1.29, 1.82) is 0 Å². The van der Waals surface area contributed by atoms with Crippen LogP contribution in [0.15, 0.2) is 86.9 Å². The van der Waals surface area contributed by atoms with Crippen LogP contribution in [-0.2, 0) is 6.54 Å². The van der Waals surface area contributed by atoms with Gasteiger partial charge in [-0.1, -0.05) is 57.9 Å². The minimum absolute atomic E-state index is 0.310. The summed E-state index contributed by atoms with van der Waals surface area (Å²) in [5, 5.41) is 1.07. The first-order valence-corrected chi connectivity index (χ1v) is 9.47. The molecule has 6 heteroatoms.